The van der Waals surface area contributed by atoms with E-state index in [0.717, 1.165) is 24.4 Å². The van der Waals surface area contributed by atoms with Gasteiger partial charge in [-0.25, -0.2) is 8.42 Å². The van der Waals surface area contributed by atoms with Crippen LogP contribution in [0, 0.1) is 0 Å². The predicted octanol–water partition coefficient (Wildman–Crippen LogP) is 1.10. The summed E-state index contributed by atoms with van der Waals surface area (Å²) in [7, 11) is -3.51. The number of primary amides is 1. The normalized spacial score (nSPS) is 22.2. The van der Waals surface area contributed by atoms with E-state index in [1.807, 2.05) is 0 Å². The summed E-state index contributed by atoms with van der Waals surface area (Å²) >= 11 is 1.08. The number of hydrogen-bond acceptors (Lipinski definition) is 5. The average Bonchev–Trinajstić information content (AvgIpc) is 3.19. The van der Waals surface area contributed by atoms with Gasteiger partial charge >= 0.3 is 0 Å². The molecule has 6 nitrogen and oxygen atoms in total. The largest absolute Gasteiger partial charge is 0.365 e. The van der Waals surface area contributed by atoms with E-state index < -0.39 is 15.9 Å². The van der Waals surface area contributed by atoms with Crippen molar-refractivity contribution in [1.29, 1.82) is 0 Å². The average molecular weight is 343 g/mol. The number of amides is 1. The molecule has 1 saturated heterocycles. The molecule has 0 aromatic carbocycles. The van der Waals surface area contributed by atoms with Gasteiger partial charge < -0.3 is 5.73 Å². The van der Waals surface area contributed by atoms with Crippen molar-refractivity contribution < 1.29 is 13.2 Å². The highest BCUT2D eigenvalue weighted by Gasteiger charge is 2.32. The van der Waals surface area contributed by atoms with Crippen LogP contribution >= 0.6 is 11.3 Å². The third kappa shape index (κ3) is 3.05. The highest BCUT2D eigenvalue weighted by Crippen LogP contribution is 2.27. The molecule has 1 aliphatic heterocycles. The minimum absolute atomic E-state index is 0.181. The Morgan fingerprint density at radius 1 is 1.18 bits per heavy atom. The minimum atomic E-state index is -3.51. The second-order valence-corrected chi connectivity index (χ2v) is 8.74. The summed E-state index contributed by atoms with van der Waals surface area (Å²) in [5.41, 5.74) is 5.19. The van der Waals surface area contributed by atoms with Gasteiger partial charge in [-0.05, 0) is 18.9 Å². The van der Waals surface area contributed by atoms with E-state index in [1.54, 1.807) is 0 Å². The number of carbonyl (C=O) groups is 1. The maximum atomic E-state index is 12.6. The molecule has 1 aromatic rings. The summed E-state index contributed by atoms with van der Waals surface area (Å²) in [6.07, 6.45) is 5.04. The first kappa shape index (κ1) is 15.9. The Labute approximate surface area is 134 Å². The highest BCUT2D eigenvalue weighted by atomic mass is 32.2. The number of nitrogens with two attached hydrogens (primary N) is 1. The third-order valence-corrected chi connectivity index (χ3v) is 7.54. The van der Waals surface area contributed by atoms with Crippen molar-refractivity contribution in [2.75, 3.05) is 26.2 Å². The highest BCUT2D eigenvalue weighted by molar-refractivity contribution is 7.89. The Balaban J connectivity index is 1.67. The first-order chi connectivity index (χ1) is 10.5. The maximum absolute atomic E-state index is 12.6. The van der Waals surface area contributed by atoms with Crippen molar-refractivity contribution in [2.24, 2.45) is 5.73 Å². The Bertz CT molecular complexity index is 642. The van der Waals surface area contributed by atoms with Crippen LogP contribution in [0.5, 0.6) is 0 Å². The van der Waals surface area contributed by atoms with Gasteiger partial charge in [-0.3, -0.25) is 9.69 Å². The topological polar surface area (TPSA) is 83.7 Å². The van der Waals surface area contributed by atoms with Crippen LogP contribution < -0.4 is 5.73 Å². The number of thiophene rings is 1. The molecule has 0 spiro atoms. The third-order valence-electron chi connectivity index (χ3n) is 4.57. The molecule has 1 saturated carbocycles. The zero-order chi connectivity index (χ0) is 15.7. The first-order valence-corrected chi connectivity index (χ1v) is 9.93. The molecule has 2 N–H and O–H groups in total. The maximum Gasteiger partial charge on any atom is 0.258 e. The zero-order valence-corrected chi connectivity index (χ0v) is 14.0. The quantitative estimate of drug-likeness (QED) is 0.887. The molecular formula is C14H21N3O3S2. The lowest BCUT2D eigenvalue weighted by Crippen LogP contribution is -2.51. The van der Waals surface area contributed by atoms with Gasteiger partial charge in [-0.2, -0.15) is 4.31 Å². The van der Waals surface area contributed by atoms with Crippen LogP contribution in [-0.4, -0.2) is 55.8 Å². The van der Waals surface area contributed by atoms with E-state index >= 15 is 0 Å². The molecule has 22 heavy (non-hydrogen) atoms. The van der Waals surface area contributed by atoms with Gasteiger partial charge in [0.2, 0.25) is 10.0 Å². The number of rotatable bonds is 4. The van der Waals surface area contributed by atoms with Crippen molar-refractivity contribution in [3.8, 4) is 0 Å². The van der Waals surface area contributed by atoms with Gasteiger partial charge in [0.1, 0.15) is 0 Å². The van der Waals surface area contributed by atoms with Crippen LogP contribution in [-0.2, 0) is 10.0 Å². The standard InChI is InChI=1S/C14H21N3O3S2/c15-14(18)13-9-12(10-21-13)22(19,20)17-7-5-16(6-8-17)11-3-1-2-4-11/h9-11H,1-8H2,(H2,15,18). The van der Waals surface area contributed by atoms with Crippen molar-refractivity contribution in [1.82, 2.24) is 9.21 Å². The lowest BCUT2D eigenvalue weighted by Gasteiger charge is -2.37. The molecule has 1 amide bonds. The van der Waals surface area contributed by atoms with Gasteiger partial charge in [0.15, 0.2) is 0 Å². The van der Waals surface area contributed by atoms with Gasteiger partial charge in [0.25, 0.3) is 5.91 Å². The fourth-order valence-electron chi connectivity index (χ4n) is 3.31. The van der Waals surface area contributed by atoms with Crippen LogP contribution in [0.3, 0.4) is 0 Å². The SMILES string of the molecule is NC(=O)c1cc(S(=O)(=O)N2CCN(C3CCCC3)CC2)cs1. The zero-order valence-electron chi connectivity index (χ0n) is 12.4. The second-order valence-electron chi connectivity index (χ2n) is 5.89. The smallest absolute Gasteiger partial charge is 0.258 e. The Morgan fingerprint density at radius 3 is 2.36 bits per heavy atom. The van der Waals surface area contributed by atoms with E-state index in [1.165, 1.54) is 41.4 Å². The number of nitrogens with zero attached hydrogens (tertiary/aromatic N) is 2. The van der Waals surface area contributed by atoms with Crippen LogP contribution in [0.15, 0.2) is 16.3 Å². The van der Waals surface area contributed by atoms with Crippen molar-refractivity contribution in [2.45, 2.75) is 36.6 Å². The molecule has 1 aliphatic carbocycles. The Hall–Kier alpha value is -0.960. The number of piperazine rings is 1. The lowest BCUT2D eigenvalue weighted by atomic mass is 10.2. The van der Waals surface area contributed by atoms with Gasteiger partial charge in [0.05, 0.1) is 9.77 Å². The van der Waals surface area contributed by atoms with Crippen LogP contribution in [0.1, 0.15) is 35.4 Å². The van der Waals surface area contributed by atoms with Crippen molar-refractivity contribution in [3.05, 3.63) is 16.3 Å². The molecule has 2 heterocycles. The number of sulfonamides is 1. The molecule has 8 heteroatoms. The van der Waals surface area contributed by atoms with E-state index in [4.69, 9.17) is 5.73 Å². The van der Waals surface area contributed by atoms with Gasteiger partial charge in [-0.15, -0.1) is 11.3 Å². The molecule has 1 aromatic heterocycles. The summed E-state index contributed by atoms with van der Waals surface area (Å²) in [6.45, 7) is 2.61. The fraction of sp³-hybridized carbons (Fsp3) is 0.643. The molecule has 2 aliphatic rings. The van der Waals surface area contributed by atoms with Crippen molar-refractivity contribution >= 4 is 27.3 Å². The van der Waals surface area contributed by atoms with E-state index in [2.05, 4.69) is 4.90 Å². The number of hydrogen-bond donors (Lipinski definition) is 1. The minimum Gasteiger partial charge on any atom is -0.365 e. The van der Waals surface area contributed by atoms with Crippen molar-refractivity contribution in [3.63, 3.8) is 0 Å². The summed E-state index contributed by atoms with van der Waals surface area (Å²) in [5.74, 6) is -0.586. The van der Waals surface area contributed by atoms with E-state index in [-0.39, 0.29) is 9.77 Å². The van der Waals surface area contributed by atoms with Crippen LogP contribution in [0.4, 0.5) is 0 Å². The molecule has 2 fully saturated rings. The van der Waals surface area contributed by atoms with Crippen LogP contribution in [0.25, 0.3) is 0 Å². The molecule has 0 atom stereocenters. The summed E-state index contributed by atoms with van der Waals surface area (Å²) < 4.78 is 26.7. The molecule has 0 radical (unpaired) electrons. The summed E-state index contributed by atoms with van der Waals surface area (Å²) in [6, 6.07) is 2.01. The summed E-state index contributed by atoms with van der Waals surface area (Å²) in [4.78, 5) is 14.0. The van der Waals surface area contributed by atoms with Gasteiger partial charge in [-0.1, -0.05) is 12.8 Å². The Kier molecular flexibility index (Phi) is 4.54. The Morgan fingerprint density at radius 2 is 1.82 bits per heavy atom. The molecule has 0 bridgehead atoms. The molecule has 122 valence electrons. The molecule has 0 unspecified atom stereocenters. The molecular weight excluding hydrogens is 322 g/mol. The summed E-state index contributed by atoms with van der Waals surface area (Å²) in [5, 5.41) is 1.50. The van der Waals surface area contributed by atoms with Gasteiger partial charge in [0, 0.05) is 37.6 Å². The van der Waals surface area contributed by atoms with E-state index in [0.29, 0.717) is 19.1 Å². The monoisotopic (exact) mass is 343 g/mol. The fourth-order valence-corrected chi connectivity index (χ4v) is 5.85. The van der Waals surface area contributed by atoms with Crippen LogP contribution in [0.2, 0.25) is 0 Å². The van der Waals surface area contributed by atoms with E-state index in [9.17, 15) is 13.2 Å². The number of carbonyl (C=O) groups excluding carboxylic acids is 1. The lowest BCUT2D eigenvalue weighted by molar-refractivity contribution is 0.100. The molecule has 3 rings (SSSR count). The predicted molar refractivity (Wildman–Crippen MR) is 85.4 cm³/mol. The second kappa shape index (κ2) is 6.27. The first-order valence-electron chi connectivity index (χ1n) is 7.61.